The number of benzene rings is 3. The van der Waals surface area contributed by atoms with Gasteiger partial charge in [0.1, 0.15) is 11.8 Å². The van der Waals surface area contributed by atoms with Crippen LogP contribution in [0.2, 0.25) is 5.02 Å². The number of hydrogen-bond donors (Lipinski definition) is 4. The van der Waals surface area contributed by atoms with Crippen LogP contribution in [-0.4, -0.2) is 42.2 Å². The molecular formula is C29H36ClFN2O5. The summed E-state index contributed by atoms with van der Waals surface area (Å²) in [5.74, 6) is -0.486. The Bertz CT molecular complexity index is 1160. The van der Waals surface area contributed by atoms with E-state index in [0.717, 1.165) is 5.56 Å². The summed E-state index contributed by atoms with van der Waals surface area (Å²) >= 11 is 6.52. The van der Waals surface area contributed by atoms with Crippen LogP contribution in [0, 0.1) is 5.82 Å². The number of rotatable bonds is 14. The van der Waals surface area contributed by atoms with Crippen LogP contribution in [0.5, 0.6) is 5.75 Å². The van der Waals surface area contributed by atoms with E-state index in [-0.39, 0.29) is 25.1 Å². The third kappa shape index (κ3) is 7.74. The van der Waals surface area contributed by atoms with E-state index in [1.54, 1.807) is 31.2 Å². The maximum atomic E-state index is 14.6. The van der Waals surface area contributed by atoms with Crippen molar-refractivity contribution in [2.45, 2.75) is 50.8 Å². The highest BCUT2D eigenvalue weighted by Gasteiger charge is 2.30. The Balaban J connectivity index is 1.89. The Hall–Kier alpha value is -2.56. The zero-order valence-electron chi connectivity index (χ0n) is 21.6. The lowest BCUT2D eigenvalue weighted by atomic mass is 9.90. The first-order valence-electron chi connectivity index (χ1n) is 12.5. The predicted molar refractivity (Wildman–Crippen MR) is 145 cm³/mol. The van der Waals surface area contributed by atoms with Crippen molar-refractivity contribution in [2.24, 2.45) is 11.5 Å². The Morgan fingerprint density at radius 3 is 2.34 bits per heavy atom. The molecule has 2 atom stereocenters. The van der Waals surface area contributed by atoms with E-state index in [4.69, 9.17) is 37.3 Å². The summed E-state index contributed by atoms with van der Waals surface area (Å²) in [5.41, 5.74) is 13.8. The maximum absolute atomic E-state index is 14.6. The number of ether oxygens (including phenoxy) is 3. The van der Waals surface area contributed by atoms with E-state index in [0.29, 0.717) is 41.3 Å². The Morgan fingerprint density at radius 1 is 1.00 bits per heavy atom. The van der Waals surface area contributed by atoms with Gasteiger partial charge in [0.15, 0.2) is 11.6 Å². The van der Waals surface area contributed by atoms with Crippen LogP contribution < -0.4 is 16.2 Å². The molecule has 0 radical (unpaired) electrons. The molecule has 3 rings (SSSR count). The molecule has 0 aliphatic heterocycles. The van der Waals surface area contributed by atoms with E-state index >= 15 is 0 Å². The monoisotopic (exact) mass is 546 g/mol. The van der Waals surface area contributed by atoms with Crippen molar-refractivity contribution >= 4 is 11.6 Å². The number of aliphatic hydroxyl groups is 2. The van der Waals surface area contributed by atoms with E-state index in [9.17, 15) is 14.6 Å². The number of aliphatic hydroxyl groups excluding tert-OH is 2. The first kappa shape index (κ1) is 30.0. The molecule has 0 heterocycles. The summed E-state index contributed by atoms with van der Waals surface area (Å²) in [6.07, 6.45) is -1.22. The van der Waals surface area contributed by atoms with Crippen molar-refractivity contribution in [3.8, 4) is 5.75 Å². The molecule has 3 aromatic rings. The molecule has 0 bridgehead atoms. The summed E-state index contributed by atoms with van der Waals surface area (Å²) in [5, 5.41) is 19.6. The second-order valence-electron chi connectivity index (χ2n) is 9.14. The first-order valence-corrected chi connectivity index (χ1v) is 12.9. The van der Waals surface area contributed by atoms with Crippen molar-refractivity contribution in [1.82, 2.24) is 0 Å². The van der Waals surface area contributed by atoms with Crippen molar-refractivity contribution in [3.63, 3.8) is 0 Å². The van der Waals surface area contributed by atoms with E-state index in [1.807, 2.05) is 37.3 Å². The first-order chi connectivity index (χ1) is 18.2. The van der Waals surface area contributed by atoms with Crippen LogP contribution in [0.3, 0.4) is 0 Å². The minimum atomic E-state index is -1.63. The SMILES string of the molecule is CCOc1ccc(C(N)(N)c2cc(C(CC(C)OCc3ccccc3)OC(CO)CO)ccc2Cl)cc1F. The van der Waals surface area contributed by atoms with Crippen molar-refractivity contribution in [2.75, 3.05) is 19.8 Å². The minimum absolute atomic E-state index is 0.101. The standard InChI is InChI=1S/C29H36ClFN2O5/c1-3-36-27-12-10-22(15-26(27)31)29(32,33)24-14-21(9-11-25(24)30)28(38-23(16-34)17-35)13-19(2)37-18-20-7-5-4-6-8-20/h4-12,14-15,19,23,28,34-35H,3,13,16-18,32-33H2,1-2H3. The third-order valence-electron chi connectivity index (χ3n) is 6.20. The van der Waals surface area contributed by atoms with Crippen LogP contribution in [0.1, 0.15) is 48.6 Å². The van der Waals surface area contributed by atoms with Gasteiger partial charge >= 0.3 is 0 Å². The molecule has 0 spiro atoms. The summed E-state index contributed by atoms with van der Waals surface area (Å²) < 4.78 is 32.0. The molecule has 3 aromatic carbocycles. The van der Waals surface area contributed by atoms with E-state index in [2.05, 4.69) is 0 Å². The summed E-state index contributed by atoms with van der Waals surface area (Å²) in [6, 6.07) is 19.2. The van der Waals surface area contributed by atoms with Gasteiger partial charge in [-0.2, -0.15) is 0 Å². The molecule has 0 fully saturated rings. The van der Waals surface area contributed by atoms with Gasteiger partial charge in [-0.15, -0.1) is 0 Å². The molecule has 2 unspecified atom stereocenters. The molecule has 0 aromatic heterocycles. The molecule has 0 amide bonds. The van der Waals surface area contributed by atoms with Crippen molar-refractivity contribution < 1.29 is 28.8 Å². The van der Waals surface area contributed by atoms with Crippen LogP contribution in [-0.2, 0) is 21.7 Å². The molecule has 0 aliphatic rings. The molecule has 0 saturated carbocycles. The highest BCUT2D eigenvalue weighted by molar-refractivity contribution is 6.31. The Morgan fingerprint density at radius 2 is 1.71 bits per heavy atom. The van der Waals surface area contributed by atoms with Gasteiger partial charge in [0, 0.05) is 17.0 Å². The topological polar surface area (TPSA) is 120 Å². The quantitative estimate of drug-likeness (QED) is 0.221. The largest absolute Gasteiger partial charge is 0.491 e. The average Bonchev–Trinajstić information content (AvgIpc) is 2.91. The van der Waals surface area contributed by atoms with Gasteiger partial charge in [-0.3, -0.25) is 0 Å². The lowest BCUT2D eigenvalue weighted by molar-refractivity contribution is -0.0857. The van der Waals surface area contributed by atoms with Crippen LogP contribution in [0.25, 0.3) is 0 Å². The van der Waals surface area contributed by atoms with Gasteiger partial charge in [-0.05, 0) is 54.8 Å². The fraction of sp³-hybridized carbons (Fsp3) is 0.379. The van der Waals surface area contributed by atoms with Gasteiger partial charge < -0.3 is 35.9 Å². The molecule has 0 saturated heterocycles. The number of halogens is 2. The number of nitrogens with two attached hydrogens (primary N) is 2. The Kier molecular flexibility index (Phi) is 11.1. The molecule has 38 heavy (non-hydrogen) atoms. The molecular weight excluding hydrogens is 511 g/mol. The molecule has 6 N–H and O–H groups in total. The zero-order valence-corrected chi connectivity index (χ0v) is 22.4. The average molecular weight is 547 g/mol. The highest BCUT2D eigenvalue weighted by atomic mass is 35.5. The van der Waals surface area contributed by atoms with Gasteiger partial charge in [0.25, 0.3) is 0 Å². The fourth-order valence-corrected chi connectivity index (χ4v) is 4.35. The van der Waals surface area contributed by atoms with E-state index in [1.165, 1.54) is 12.1 Å². The fourth-order valence-electron chi connectivity index (χ4n) is 4.07. The smallest absolute Gasteiger partial charge is 0.165 e. The van der Waals surface area contributed by atoms with Gasteiger partial charge in [-0.1, -0.05) is 54.1 Å². The molecule has 206 valence electrons. The lowest BCUT2D eigenvalue weighted by Crippen LogP contribution is -2.47. The third-order valence-corrected chi connectivity index (χ3v) is 6.53. The second kappa shape index (κ2) is 14.0. The van der Waals surface area contributed by atoms with Crippen molar-refractivity contribution in [1.29, 1.82) is 0 Å². The highest BCUT2D eigenvalue weighted by Crippen LogP contribution is 2.35. The minimum Gasteiger partial charge on any atom is -0.491 e. The molecule has 0 aliphatic carbocycles. The molecule has 9 heteroatoms. The van der Waals surface area contributed by atoms with Crippen molar-refractivity contribution in [3.05, 3.63) is 99.8 Å². The van der Waals surface area contributed by atoms with Crippen LogP contribution in [0.4, 0.5) is 4.39 Å². The normalized spacial score (nSPS) is 13.5. The number of hydrogen-bond acceptors (Lipinski definition) is 7. The zero-order chi connectivity index (χ0) is 27.7. The Labute approximate surface area is 228 Å². The maximum Gasteiger partial charge on any atom is 0.165 e. The summed E-state index contributed by atoms with van der Waals surface area (Å²) in [7, 11) is 0. The van der Waals surface area contributed by atoms with Gasteiger partial charge in [0.2, 0.25) is 0 Å². The molecule has 7 nitrogen and oxygen atoms in total. The second-order valence-corrected chi connectivity index (χ2v) is 9.55. The summed E-state index contributed by atoms with van der Waals surface area (Å²) in [4.78, 5) is 0. The lowest BCUT2D eigenvalue weighted by Gasteiger charge is -2.30. The van der Waals surface area contributed by atoms with Gasteiger partial charge in [0.05, 0.1) is 38.6 Å². The predicted octanol–water partition coefficient (Wildman–Crippen LogP) is 4.40. The van der Waals surface area contributed by atoms with Crippen LogP contribution >= 0.6 is 11.6 Å². The van der Waals surface area contributed by atoms with Crippen LogP contribution in [0.15, 0.2) is 66.7 Å². The van der Waals surface area contributed by atoms with Gasteiger partial charge in [-0.25, -0.2) is 4.39 Å². The van der Waals surface area contributed by atoms with E-state index < -0.39 is 23.7 Å². The summed E-state index contributed by atoms with van der Waals surface area (Å²) in [6.45, 7) is 3.69.